The number of hydrogen-bond acceptors (Lipinski definition) is 3. The van der Waals surface area contributed by atoms with Crippen LogP contribution in [0, 0.1) is 5.82 Å². The minimum absolute atomic E-state index is 0.0640. The van der Waals surface area contributed by atoms with E-state index >= 15 is 0 Å². The minimum Gasteiger partial charge on any atom is -0.454 e. The Morgan fingerprint density at radius 1 is 1.38 bits per heavy atom. The van der Waals surface area contributed by atoms with E-state index in [9.17, 15) is 4.39 Å². The second kappa shape index (κ2) is 2.84. The molecule has 0 aliphatic carbocycles. The van der Waals surface area contributed by atoms with Crippen molar-refractivity contribution in [3.05, 3.63) is 28.4 Å². The predicted molar refractivity (Wildman–Crippen MR) is 41.3 cm³/mol. The number of halogens is 1. The van der Waals surface area contributed by atoms with Crippen LogP contribution in [0.3, 0.4) is 0 Å². The lowest BCUT2D eigenvalue weighted by atomic mass is 10.3. The highest BCUT2D eigenvalue weighted by Gasteiger charge is 2.16. The number of fused-ring (bicyclic) bond motifs is 1. The number of benzene rings is 1. The van der Waals surface area contributed by atoms with E-state index in [2.05, 4.69) is 10.0 Å². The molecular weight excluding hydrogens is 177 g/mol. The molecule has 1 aromatic carbocycles. The molecule has 0 radical (unpaired) electrons. The van der Waals surface area contributed by atoms with E-state index in [1.807, 2.05) is 0 Å². The largest absolute Gasteiger partial charge is 0.454 e. The Kier molecular flexibility index (Phi) is 1.68. The second-order valence-corrected chi connectivity index (χ2v) is 2.35. The van der Waals surface area contributed by atoms with E-state index in [0.29, 0.717) is 11.5 Å². The van der Waals surface area contributed by atoms with Gasteiger partial charge in [-0.3, -0.25) is 0 Å². The van der Waals surface area contributed by atoms with Crippen LogP contribution in [0.1, 0.15) is 0 Å². The molecule has 5 nitrogen and oxygen atoms in total. The summed E-state index contributed by atoms with van der Waals surface area (Å²) in [6.45, 7) is 0.0640. The van der Waals surface area contributed by atoms with Gasteiger partial charge in [-0.05, 0) is 11.6 Å². The van der Waals surface area contributed by atoms with Crippen molar-refractivity contribution in [1.29, 1.82) is 0 Å². The van der Waals surface area contributed by atoms with Crippen molar-refractivity contribution >= 4 is 5.69 Å². The summed E-state index contributed by atoms with van der Waals surface area (Å²) in [7, 11) is 0. The van der Waals surface area contributed by atoms with Gasteiger partial charge in [-0.25, -0.2) is 4.39 Å². The average Bonchev–Trinajstić information content (AvgIpc) is 2.52. The average molecular weight is 181 g/mol. The summed E-state index contributed by atoms with van der Waals surface area (Å²) >= 11 is 0. The highest BCUT2D eigenvalue weighted by Crippen LogP contribution is 2.37. The molecule has 1 aromatic rings. The monoisotopic (exact) mass is 181 g/mol. The fraction of sp³-hybridized carbons (Fsp3) is 0.143. The molecule has 2 rings (SSSR count). The van der Waals surface area contributed by atoms with Gasteiger partial charge >= 0.3 is 0 Å². The molecule has 0 fully saturated rings. The minimum atomic E-state index is -0.623. The van der Waals surface area contributed by atoms with Crippen LogP contribution in [0.15, 0.2) is 17.2 Å². The molecule has 0 saturated carbocycles. The summed E-state index contributed by atoms with van der Waals surface area (Å²) < 4.78 is 22.9. The normalized spacial score (nSPS) is 12.4. The van der Waals surface area contributed by atoms with Gasteiger partial charge < -0.3 is 9.47 Å². The fourth-order valence-electron chi connectivity index (χ4n) is 1.03. The maximum absolute atomic E-state index is 13.0. The van der Waals surface area contributed by atoms with Crippen LogP contribution in [0.5, 0.6) is 11.5 Å². The zero-order valence-electron chi connectivity index (χ0n) is 6.40. The third-order valence-corrected chi connectivity index (χ3v) is 1.59. The van der Waals surface area contributed by atoms with Gasteiger partial charge in [0.25, 0.3) is 0 Å². The lowest BCUT2D eigenvalue weighted by molar-refractivity contribution is 0.174. The van der Waals surface area contributed by atoms with E-state index in [4.69, 9.17) is 15.0 Å². The molecule has 1 aliphatic rings. The molecule has 0 atom stereocenters. The van der Waals surface area contributed by atoms with Gasteiger partial charge in [-0.1, -0.05) is 5.11 Å². The SMILES string of the molecule is [N-]=[N+]=Nc1cc2c(cc1F)OCO2. The quantitative estimate of drug-likeness (QED) is 0.379. The number of ether oxygens (including phenoxy) is 2. The Balaban J connectivity index is 2.55. The van der Waals surface area contributed by atoms with Crippen molar-refractivity contribution in [2.24, 2.45) is 5.11 Å². The lowest BCUT2D eigenvalue weighted by Crippen LogP contribution is -1.92. The van der Waals surface area contributed by atoms with Gasteiger partial charge in [0.1, 0.15) is 5.82 Å². The zero-order valence-corrected chi connectivity index (χ0v) is 6.40. The fourth-order valence-corrected chi connectivity index (χ4v) is 1.03. The summed E-state index contributed by atoms with van der Waals surface area (Å²) in [5, 5.41) is 3.15. The van der Waals surface area contributed by atoms with Gasteiger partial charge in [-0.2, -0.15) is 0 Å². The number of hydrogen-bond donors (Lipinski definition) is 0. The Morgan fingerprint density at radius 3 is 2.77 bits per heavy atom. The Hall–Kier alpha value is -1.94. The number of azide groups is 1. The first-order valence-electron chi connectivity index (χ1n) is 3.45. The lowest BCUT2D eigenvalue weighted by Gasteiger charge is -1.97. The van der Waals surface area contributed by atoms with Gasteiger partial charge in [-0.15, -0.1) is 0 Å². The predicted octanol–water partition coefficient (Wildman–Crippen LogP) is 2.50. The van der Waals surface area contributed by atoms with Crippen molar-refractivity contribution in [3.8, 4) is 11.5 Å². The summed E-state index contributed by atoms with van der Waals surface area (Å²) in [5.41, 5.74) is 8.02. The first kappa shape index (κ1) is 7.70. The molecule has 0 N–H and O–H groups in total. The summed E-state index contributed by atoms with van der Waals surface area (Å²) in [5.74, 6) is 0.0974. The maximum Gasteiger partial charge on any atom is 0.231 e. The van der Waals surface area contributed by atoms with Crippen molar-refractivity contribution in [3.63, 3.8) is 0 Å². The number of rotatable bonds is 1. The summed E-state index contributed by atoms with van der Waals surface area (Å²) in [6, 6.07) is 2.43. The molecule has 6 heteroatoms. The standard InChI is InChI=1S/C7H4FN3O2/c8-4-1-6-7(13-3-12-6)2-5(4)10-11-9/h1-2H,3H2. The van der Waals surface area contributed by atoms with Crippen molar-refractivity contribution in [1.82, 2.24) is 0 Å². The first-order chi connectivity index (χ1) is 6.31. The molecule has 66 valence electrons. The highest BCUT2D eigenvalue weighted by atomic mass is 19.1. The van der Waals surface area contributed by atoms with Crippen LogP contribution in [0.2, 0.25) is 0 Å². The highest BCUT2D eigenvalue weighted by molar-refractivity contribution is 5.53. The van der Waals surface area contributed by atoms with E-state index in [0.717, 1.165) is 6.07 Å². The van der Waals surface area contributed by atoms with E-state index in [-0.39, 0.29) is 12.5 Å². The molecule has 0 bridgehead atoms. The molecule has 1 aliphatic heterocycles. The van der Waals surface area contributed by atoms with Crippen LogP contribution in [0.25, 0.3) is 10.4 Å². The molecule has 13 heavy (non-hydrogen) atoms. The van der Waals surface area contributed by atoms with Gasteiger partial charge in [0, 0.05) is 11.0 Å². The van der Waals surface area contributed by atoms with Crippen LogP contribution in [-0.2, 0) is 0 Å². The van der Waals surface area contributed by atoms with E-state index in [1.165, 1.54) is 6.07 Å². The first-order valence-corrected chi connectivity index (χ1v) is 3.45. The molecule has 1 heterocycles. The van der Waals surface area contributed by atoms with Gasteiger partial charge in [0.15, 0.2) is 11.5 Å². The van der Waals surface area contributed by atoms with Crippen LogP contribution >= 0.6 is 0 Å². The molecule has 0 spiro atoms. The Morgan fingerprint density at radius 2 is 2.08 bits per heavy atom. The Labute approximate surface area is 72.3 Å². The zero-order chi connectivity index (χ0) is 9.26. The maximum atomic E-state index is 13.0. The smallest absolute Gasteiger partial charge is 0.231 e. The van der Waals surface area contributed by atoms with Gasteiger partial charge in [0.2, 0.25) is 6.79 Å². The van der Waals surface area contributed by atoms with Crippen LogP contribution < -0.4 is 9.47 Å². The molecule has 0 amide bonds. The number of nitrogens with zero attached hydrogens (tertiary/aromatic N) is 3. The summed E-state index contributed by atoms with van der Waals surface area (Å²) in [6.07, 6.45) is 0. The van der Waals surface area contributed by atoms with Crippen LogP contribution in [-0.4, -0.2) is 6.79 Å². The Bertz CT molecular complexity index is 401. The second-order valence-electron chi connectivity index (χ2n) is 2.35. The molecule has 0 unspecified atom stereocenters. The van der Waals surface area contributed by atoms with Gasteiger partial charge in [0.05, 0.1) is 5.69 Å². The van der Waals surface area contributed by atoms with Crippen molar-refractivity contribution in [2.45, 2.75) is 0 Å². The van der Waals surface area contributed by atoms with E-state index in [1.54, 1.807) is 0 Å². The third-order valence-electron chi connectivity index (χ3n) is 1.59. The molecule has 0 aromatic heterocycles. The van der Waals surface area contributed by atoms with Crippen molar-refractivity contribution < 1.29 is 13.9 Å². The third kappa shape index (κ3) is 1.23. The molecule has 0 saturated heterocycles. The molecular formula is C7H4FN3O2. The van der Waals surface area contributed by atoms with Crippen molar-refractivity contribution in [2.75, 3.05) is 6.79 Å². The topological polar surface area (TPSA) is 67.2 Å². The summed E-state index contributed by atoms with van der Waals surface area (Å²) in [4.78, 5) is 2.48. The van der Waals surface area contributed by atoms with E-state index < -0.39 is 5.82 Å². The van der Waals surface area contributed by atoms with Crippen LogP contribution in [0.4, 0.5) is 10.1 Å².